The molecule has 1 N–H and O–H groups in total. The van der Waals surface area contributed by atoms with Crippen molar-refractivity contribution in [1.29, 1.82) is 0 Å². The van der Waals surface area contributed by atoms with Crippen molar-refractivity contribution in [2.24, 2.45) is 5.92 Å². The van der Waals surface area contributed by atoms with E-state index < -0.39 is 0 Å². The van der Waals surface area contributed by atoms with Crippen molar-refractivity contribution < 1.29 is 18.8 Å². The van der Waals surface area contributed by atoms with Crippen LogP contribution in [0.25, 0.3) is 11.4 Å². The molecule has 1 saturated heterocycles. The van der Waals surface area contributed by atoms with E-state index in [-0.39, 0.29) is 11.9 Å². The average Bonchev–Trinajstić information content (AvgIpc) is 3.27. The summed E-state index contributed by atoms with van der Waals surface area (Å²) >= 11 is 0. The molecule has 4 rings (SSSR count). The third kappa shape index (κ3) is 4.85. The average molecular weight is 437 g/mol. The molecular weight excluding hydrogens is 408 g/mol. The summed E-state index contributed by atoms with van der Waals surface area (Å²) in [4.78, 5) is 19.3. The van der Waals surface area contributed by atoms with Crippen LogP contribution in [-0.2, 0) is 6.42 Å². The number of carbonyl (C=O) groups excluding carboxylic acids is 1. The van der Waals surface area contributed by atoms with Crippen LogP contribution in [0.5, 0.6) is 11.5 Å². The number of piperidine rings is 1. The van der Waals surface area contributed by atoms with Gasteiger partial charge in [0.1, 0.15) is 11.5 Å². The van der Waals surface area contributed by atoms with E-state index in [4.69, 9.17) is 14.0 Å². The second-order valence-corrected chi connectivity index (χ2v) is 7.98. The molecule has 1 unspecified atom stereocenters. The number of rotatable bonds is 6. The highest BCUT2D eigenvalue weighted by molar-refractivity contribution is 5.91. The van der Waals surface area contributed by atoms with Crippen LogP contribution in [0.15, 0.2) is 47.0 Å². The van der Waals surface area contributed by atoms with Gasteiger partial charge in [0.05, 0.1) is 19.9 Å². The second-order valence-electron chi connectivity index (χ2n) is 7.98. The monoisotopic (exact) mass is 436 g/mol. The number of ether oxygens (including phenoxy) is 2. The number of anilines is 1. The number of aryl methyl sites for hydroxylation is 1. The first kappa shape index (κ1) is 21.7. The maximum absolute atomic E-state index is 12.9. The molecule has 1 aliphatic heterocycles. The highest BCUT2D eigenvalue weighted by Gasteiger charge is 2.26. The summed E-state index contributed by atoms with van der Waals surface area (Å²) in [6.07, 6.45) is 2.59. The van der Waals surface area contributed by atoms with Crippen LogP contribution in [-0.4, -0.2) is 48.4 Å². The van der Waals surface area contributed by atoms with Gasteiger partial charge in [-0.25, -0.2) is 4.79 Å². The van der Waals surface area contributed by atoms with Crippen molar-refractivity contribution in [1.82, 2.24) is 15.0 Å². The SMILES string of the molecule is COc1ccc(NC(=O)N2CCCC(Cc3nc(-c4ccccc4C)no3)C2)c(OC)c1. The Bertz CT molecular complexity index is 1080. The molecule has 3 aromatic rings. The smallest absolute Gasteiger partial charge is 0.321 e. The van der Waals surface area contributed by atoms with Crippen molar-refractivity contribution in [3.8, 4) is 22.9 Å². The normalized spacial score (nSPS) is 16.0. The standard InChI is InChI=1S/C24H28N4O4/c1-16-7-4-5-9-19(16)23-26-22(32-27-23)13-17-8-6-12-28(15-17)24(29)25-20-11-10-18(30-2)14-21(20)31-3/h4-5,7,9-11,14,17H,6,8,12-13,15H2,1-3H3,(H,25,29). The van der Waals surface area contributed by atoms with E-state index >= 15 is 0 Å². The van der Waals surface area contributed by atoms with Crippen molar-refractivity contribution in [2.45, 2.75) is 26.2 Å². The van der Waals surface area contributed by atoms with E-state index in [1.54, 1.807) is 32.4 Å². The van der Waals surface area contributed by atoms with Crippen molar-refractivity contribution in [3.05, 3.63) is 53.9 Å². The lowest BCUT2D eigenvalue weighted by Crippen LogP contribution is -2.42. The van der Waals surface area contributed by atoms with E-state index in [1.165, 1.54) is 0 Å². The van der Waals surface area contributed by atoms with Crippen molar-refractivity contribution in [2.75, 3.05) is 32.6 Å². The van der Waals surface area contributed by atoms with Gasteiger partial charge < -0.3 is 24.2 Å². The van der Waals surface area contributed by atoms with Crippen LogP contribution in [0.1, 0.15) is 24.3 Å². The minimum atomic E-state index is -0.149. The summed E-state index contributed by atoms with van der Waals surface area (Å²) in [6, 6.07) is 13.1. The maximum Gasteiger partial charge on any atom is 0.321 e. The molecule has 2 heterocycles. The first-order valence-electron chi connectivity index (χ1n) is 10.7. The van der Waals surface area contributed by atoms with Gasteiger partial charge in [-0.2, -0.15) is 4.98 Å². The van der Waals surface area contributed by atoms with Gasteiger partial charge in [0.25, 0.3) is 0 Å². The third-order valence-electron chi connectivity index (χ3n) is 5.77. The number of nitrogens with zero attached hydrogens (tertiary/aromatic N) is 3. The lowest BCUT2D eigenvalue weighted by atomic mass is 9.95. The van der Waals surface area contributed by atoms with E-state index in [9.17, 15) is 4.79 Å². The second kappa shape index (κ2) is 9.72. The van der Waals surface area contributed by atoms with Gasteiger partial charge in [0, 0.05) is 31.1 Å². The molecule has 0 spiro atoms. The predicted molar refractivity (Wildman–Crippen MR) is 121 cm³/mol. The number of carbonyl (C=O) groups is 1. The molecule has 0 aliphatic carbocycles. The Morgan fingerprint density at radius 1 is 1.22 bits per heavy atom. The topological polar surface area (TPSA) is 89.7 Å². The number of aromatic nitrogens is 2. The van der Waals surface area contributed by atoms with Crippen molar-refractivity contribution in [3.63, 3.8) is 0 Å². The van der Waals surface area contributed by atoms with E-state index in [0.717, 1.165) is 24.0 Å². The van der Waals surface area contributed by atoms with Crippen LogP contribution in [0.2, 0.25) is 0 Å². The minimum Gasteiger partial charge on any atom is -0.497 e. The Hall–Kier alpha value is -3.55. The molecule has 2 amide bonds. The first-order chi connectivity index (χ1) is 15.6. The lowest BCUT2D eigenvalue weighted by molar-refractivity contribution is 0.173. The van der Waals surface area contributed by atoms with Gasteiger partial charge in [-0.3, -0.25) is 0 Å². The van der Waals surface area contributed by atoms with E-state index in [1.807, 2.05) is 36.1 Å². The Morgan fingerprint density at radius 3 is 2.84 bits per heavy atom. The quantitative estimate of drug-likeness (QED) is 0.610. The molecule has 1 fully saturated rings. The highest BCUT2D eigenvalue weighted by atomic mass is 16.5. The first-order valence-corrected chi connectivity index (χ1v) is 10.7. The number of methoxy groups -OCH3 is 2. The number of hydrogen-bond acceptors (Lipinski definition) is 6. The van der Waals surface area contributed by atoms with Gasteiger partial charge in [-0.1, -0.05) is 29.4 Å². The van der Waals surface area contributed by atoms with Crippen LogP contribution < -0.4 is 14.8 Å². The van der Waals surface area contributed by atoms with Crippen molar-refractivity contribution >= 4 is 11.7 Å². The number of nitrogens with one attached hydrogen (secondary N) is 1. The fourth-order valence-corrected chi connectivity index (χ4v) is 4.03. The molecular formula is C24H28N4O4. The molecule has 0 saturated carbocycles. The van der Waals surface area contributed by atoms with Crippen LogP contribution in [0.3, 0.4) is 0 Å². The molecule has 2 aromatic carbocycles. The van der Waals surface area contributed by atoms with Gasteiger partial charge in [-0.05, 0) is 43.4 Å². The van der Waals surface area contributed by atoms with E-state index in [0.29, 0.717) is 48.4 Å². The lowest BCUT2D eigenvalue weighted by Gasteiger charge is -2.32. The Labute approximate surface area is 187 Å². The van der Waals surface area contributed by atoms with Gasteiger partial charge in [0.15, 0.2) is 0 Å². The summed E-state index contributed by atoms with van der Waals surface area (Å²) in [5.74, 6) is 2.70. The predicted octanol–water partition coefficient (Wildman–Crippen LogP) is 4.55. The third-order valence-corrected chi connectivity index (χ3v) is 5.77. The number of amides is 2. The number of benzene rings is 2. The van der Waals surface area contributed by atoms with Crippen LogP contribution in [0, 0.1) is 12.8 Å². The molecule has 8 heteroatoms. The van der Waals surface area contributed by atoms with Gasteiger partial charge in [-0.15, -0.1) is 0 Å². The van der Waals surface area contributed by atoms with Gasteiger partial charge in [0.2, 0.25) is 11.7 Å². The summed E-state index contributed by atoms with van der Waals surface area (Å²) in [5, 5.41) is 7.11. The molecule has 168 valence electrons. The van der Waals surface area contributed by atoms with E-state index in [2.05, 4.69) is 15.5 Å². The fraction of sp³-hybridized carbons (Fsp3) is 0.375. The molecule has 32 heavy (non-hydrogen) atoms. The zero-order chi connectivity index (χ0) is 22.5. The number of likely N-dealkylation sites (tertiary alicyclic amines) is 1. The minimum absolute atomic E-state index is 0.149. The summed E-state index contributed by atoms with van der Waals surface area (Å²) < 4.78 is 16.1. The van der Waals surface area contributed by atoms with Crippen LogP contribution in [0.4, 0.5) is 10.5 Å². The Morgan fingerprint density at radius 2 is 2.06 bits per heavy atom. The zero-order valence-corrected chi connectivity index (χ0v) is 18.6. The Kier molecular flexibility index (Phi) is 6.58. The molecule has 0 bridgehead atoms. The molecule has 1 aliphatic rings. The summed E-state index contributed by atoms with van der Waals surface area (Å²) in [5.41, 5.74) is 2.69. The highest BCUT2D eigenvalue weighted by Crippen LogP contribution is 2.30. The fourth-order valence-electron chi connectivity index (χ4n) is 4.03. The largest absolute Gasteiger partial charge is 0.497 e. The molecule has 1 aromatic heterocycles. The summed E-state index contributed by atoms with van der Waals surface area (Å²) in [7, 11) is 3.16. The number of urea groups is 1. The molecule has 8 nitrogen and oxygen atoms in total. The molecule has 0 radical (unpaired) electrons. The Balaban J connectivity index is 1.39. The van der Waals surface area contributed by atoms with Gasteiger partial charge >= 0.3 is 6.03 Å². The van der Waals surface area contributed by atoms with Crippen LogP contribution >= 0.6 is 0 Å². The maximum atomic E-state index is 12.9. The molecule has 1 atom stereocenters. The number of hydrogen-bond donors (Lipinski definition) is 1. The summed E-state index contributed by atoms with van der Waals surface area (Å²) in [6.45, 7) is 3.37. The zero-order valence-electron chi connectivity index (χ0n) is 18.6.